The van der Waals surface area contributed by atoms with Crippen molar-refractivity contribution in [1.82, 2.24) is 5.32 Å². The Kier molecular flexibility index (Phi) is 3.94. The van der Waals surface area contributed by atoms with Crippen LogP contribution >= 0.6 is 0 Å². The van der Waals surface area contributed by atoms with Gasteiger partial charge in [0.05, 0.1) is 12.7 Å². The van der Waals surface area contributed by atoms with Crippen molar-refractivity contribution in [3.8, 4) is 5.75 Å². The molecule has 0 saturated carbocycles. The largest absolute Gasteiger partial charge is 0.496 e. The normalized spacial score (nSPS) is 17.4. The maximum Gasteiger partial charge on any atom is 0.267 e. The third-order valence-corrected chi connectivity index (χ3v) is 3.30. The predicted molar refractivity (Wildman–Crippen MR) is 62.8 cm³/mol. The molecule has 0 spiro atoms. The Balaban J connectivity index is 2.26. The van der Waals surface area contributed by atoms with E-state index in [0.717, 1.165) is 31.5 Å². The van der Waals surface area contributed by atoms with Crippen molar-refractivity contribution in [3.63, 3.8) is 0 Å². The molecule has 1 heterocycles. The molecule has 1 fully saturated rings. The van der Waals surface area contributed by atoms with Crippen LogP contribution in [0.3, 0.4) is 0 Å². The molecule has 1 saturated heterocycles. The number of nitrogens with one attached hydrogen (secondary N) is 1. The number of alkyl halides is 2. The van der Waals surface area contributed by atoms with Crippen LogP contribution in [0, 0.1) is 0 Å². The Hall–Kier alpha value is -1.16. The fraction of sp³-hybridized carbons (Fsp3) is 0.538. The van der Waals surface area contributed by atoms with Crippen molar-refractivity contribution in [3.05, 3.63) is 29.3 Å². The second kappa shape index (κ2) is 5.45. The molecule has 0 amide bonds. The van der Waals surface area contributed by atoms with Crippen LogP contribution in [0.5, 0.6) is 5.75 Å². The van der Waals surface area contributed by atoms with Gasteiger partial charge in [-0.3, -0.25) is 0 Å². The van der Waals surface area contributed by atoms with Crippen molar-refractivity contribution in [1.29, 1.82) is 0 Å². The Morgan fingerprint density at radius 1 is 1.29 bits per heavy atom. The van der Waals surface area contributed by atoms with Gasteiger partial charge in [-0.25, -0.2) is 8.78 Å². The van der Waals surface area contributed by atoms with Crippen LogP contribution in [0.25, 0.3) is 0 Å². The summed E-state index contributed by atoms with van der Waals surface area (Å²) in [5.41, 5.74) is 1.01. The molecule has 17 heavy (non-hydrogen) atoms. The first-order chi connectivity index (χ1) is 8.22. The van der Waals surface area contributed by atoms with Crippen molar-refractivity contribution < 1.29 is 13.5 Å². The summed E-state index contributed by atoms with van der Waals surface area (Å²) in [6, 6.07) is 5.15. The zero-order valence-electron chi connectivity index (χ0n) is 9.88. The van der Waals surface area contributed by atoms with Crippen LogP contribution in [0.15, 0.2) is 18.2 Å². The zero-order chi connectivity index (χ0) is 12.3. The van der Waals surface area contributed by atoms with Gasteiger partial charge in [0.15, 0.2) is 0 Å². The quantitative estimate of drug-likeness (QED) is 0.878. The molecule has 1 N–H and O–H groups in total. The molecule has 4 heteroatoms. The minimum Gasteiger partial charge on any atom is -0.496 e. The lowest BCUT2D eigenvalue weighted by molar-refractivity contribution is 0.147. The monoisotopic (exact) mass is 241 g/mol. The van der Waals surface area contributed by atoms with Crippen LogP contribution in [-0.2, 0) is 0 Å². The molecule has 0 bridgehead atoms. The van der Waals surface area contributed by atoms with E-state index in [0.29, 0.717) is 5.92 Å². The average Bonchev–Trinajstić information content (AvgIpc) is 2.39. The van der Waals surface area contributed by atoms with Gasteiger partial charge in [0.2, 0.25) is 0 Å². The molecule has 1 aliphatic heterocycles. The molecule has 0 aliphatic carbocycles. The highest BCUT2D eigenvalue weighted by Crippen LogP contribution is 2.34. The van der Waals surface area contributed by atoms with Crippen molar-refractivity contribution >= 4 is 0 Å². The van der Waals surface area contributed by atoms with E-state index in [4.69, 9.17) is 4.74 Å². The molecule has 94 valence electrons. The van der Waals surface area contributed by atoms with E-state index >= 15 is 0 Å². The SMILES string of the molecule is COc1ccc(C2CCNCC2)cc1C(F)F. The Morgan fingerprint density at radius 3 is 2.59 bits per heavy atom. The average molecular weight is 241 g/mol. The molecule has 1 aliphatic rings. The fourth-order valence-electron chi connectivity index (χ4n) is 2.33. The van der Waals surface area contributed by atoms with Gasteiger partial charge < -0.3 is 10.1 Å². The predicted octanol–water partition coefficient (Wildman–Crippen LogP) is 3.10. The van der Waals surface area contributed by atoms with E-state index in [1.165, 1.54) is 7.11 Å². The summed E-state index contributed by atoms with van der Waals surface area (Å²) in [5, 5.41) is 3.27. The number of hydrogen-bond donors (Lipinski definition) is 1. The molecule has 0 radical (unpaired) electrons. The minimum atomic E-state index is -2.48. The van der Waals surface area contributed by atoms with E-state index in [-0.39, 0.29) is 11.3 Å². The summed E-state index contributed by atoms with van der Waals surface area (Å²) in [7, 11) is 1.42. The van der Waals surface area contributed by atoms with Gasteiger partial charge in [-0.15, -0.1) is 0 Å². The number of halogens is 2. The van der Waals surface area contributed by atoms with Gasteiger partial charge in [0, 0.05) is 0 Å². The van der Waals surface area contributed by atoms with Crippen molar-refractivity contribution in [2.45, 2.75) is 25.2 Å². The van der Waals surface area contributed by atoms with E-state index in [1.54, 1.807) is 12.1 Å². The Morgan fingerprint density at radius 2 is 2.00 bits per heavy atom. The standard InChI is InChI=1S/C13H17F2NO/c1-17-12-3-2-10(8-11(12)13(14)15)9-4-6-16-7-5-9/h2-3,8-9,13,16H,4-7H2,1H3. The number of methoxy groups -OCH3 is 1. The molecule has 0 aromatic heterocycles. The minimum absolute atomic E-state index is 0.00327. The van der Waals surface area contributed by atoms with Crippen molar-refractivity contribution in [2.24, 2.45) is 0 Å². The third kappa shape index (κ3) is 2.75. The molecular weight excluding hydrogens is 224 g/mol. The molecule has 1 aromatic carbocycles. The lowest BCUT2D eigenvalue weighted by Gasteiger charge is -2.23. The van der Waals surface area contributed by atoms with Gasteiger partial charge >= 0.3 is 0 Å². The summed E-state index contributed by atoms with van der Waals surface area (Å²) in [6.07, 6.45) is -0.462. The summed E-state index contributed by atoms with van der Waals surface area (Å²) in [4.78, 5) is 0. The molecule has 2 nitrogen and oxygen atoms in total. The smallest absolute Gasteiger partial charge is 0.267 e. The van der Waals surface area contributed by atoms with E-state index in [9.17, 15) is 8.78 Å². The summed E-state index contributed by atoms with van der Waals surface area (Å²) >= 11 is 0. The fourth-order valence-corrected chi connectivity index (χ4v) is 2.33. The van der Waals surface area contributed by atoms with Crippen molar-refractivity contribution in [2.75, 3.05) is 20.2 Å². The lowest BCUT2D eigenvalue weighted by atomic mass is 9.89. The second-order valence-electron chi connectivity index (χ2n) is 4.33. The van der Waals surface area contributed by atoms with E-state index in [2.05, 4.69) is 5.32 Å². The summed E-state index contributed by atoms with van der Waals surface area (Å²) in [6.45, 7) is 1.92. The highest BCUT2D eigenvalue weighted by molar-refractivity contribution is 5.39. The number of hydrogen-bond acceptors (Lipinski definition) is 2. The van der Waals surface area contributed by atoms with Crippen LogP contribution in [-0.4, -0.2) is 20.2 Å². The molecule has 0 unspecified atom stereocenters. The first-order valence-electron chi connectivity index (χ1n) is 5.89. The highest BCUT2D eigenvalue weighted by Gasteiger charge is 2.19. The summed E-state index contributed by atoms with van der Waals surface area (Å²) in [5.74, 6) is 0.664. The number of ether oxygens (including phenoxy) is 1. The third-order valence-electron chi connectivity index (χ3n) is 3.30. The maximum atomic E-state index is 12.9. The van der Waals surface area contributed by atoms with Gasteiger partial charge in [-0.1, -0.05) is 6.07 Å². The van der Waals surface area contributed by atoms with E-state index < -0.39 is 6.43 Å². The van der Waals surface area contributed by atoms with Crippen LogP contribution in [0.1, 0.15) is 36.3 Å². The number of rotatable bonds is 3. The van der Waals surface area contributed by atoms with E-state index in [1.807, 2.05) is 6.07 Å². The van der Waals surface area contributed by atoms with Gasteiger partial charge in [-0.2, -0.15) is 0 Å². The number of piperidine rings is 1. The highest BCUT2D eigenvalue weighted by atomic mass is 19.3. The molecular formula is C13H17F2NO. The molecule has 2 rings (SSSR count). The van der Waals surface area contributed by atoms with Crippen LogP contribution < -0.4 is 10.1 Å². The number of benzene rings is 1. The second-order valence-corrected chi connectivity index (χ2v) is 4.33. The molecule has 1 aromatic rings. The van der Waals surface area contributed by atoms with Crippen LogP contribution in [0.4, 0.5) is 8.78 Å². The zero-order valence-corrected chi connectivity index (χ0v) is 9.88. The topological polar surface area (TPSA) is 21.3 Å². The lowest BCUT2D eigenvalue weighted by Crippen LogP contribution is -2.26. The maximum absolute atomic E-state index is 12.9. The van der Waals surface area contributed by atoms with Gasteiger partial charge in [0.1, 0.15) is 5.75 Å². The van der Waals surface area contributed by atoms with Gasteiger partial charge in [-0.05, 0) is 49.5 Å². The van der Waals surface area contributed by atoms with Gasteiger partial charge in [0.25, 0.3) is 6.43 Å². The molecule has 0 atom stereocenters. The first kappa shape index (κ1) is 12.3. The summed E-state index contributed by atoms with van der Waals surface area (Å²) < 4.78 is 30.7. The Labute approximate surface area is 100.0 Å². The van der Waals surface area contributed by atoms with Crippen LogP contribution in [0.2, 0.25) is 0 Å². The first-order valence-corrected chi connectivity index (χ1v) is 5.89. The Bertz CT molecular complexity index is 376.